The molecule has 1 aromatic rings. The van der Waals surface area contributed by atoms with E-state index in [-0.39, 0.29) is 12.3 Å². The van der Waals surface area contributed by atoms with Crippen molar-refractivity contribution in [2.45, 2.75) is 6.92 Å². The normalized spacial score (nSPS) is 11.4. The summed E-state index contributed by atoms with van der Waals surface area (Å²) in [7, 11) is -3.20. The van der Waals surface area contributed by atoms with Gasteiger partial charge in [-0.3, -0.25) is 0 Å². The Labute approximate surface area is 109 Å². The van der Waals surface area contributed by atoms with Crippen LogP contribution in [0.25, 0.3) is 0 Å². The highest BCUT2D eigenvalue weighted by Crippen LogP contribution is 2.07. The van der Waals surface area contributed by atoms with Gasteiger partial charge in [-0.1, -0.05) is 25.1 Å². The molecule has 18 heavy (non-hydrogen) atoms. The Morgan fingerprint density at radius 1 is 1.17 bits per heavy atom. The van der Waals surface area contributed by atoms with E-state index in [0.717, 1.165) is 12.3 Å². The first-order valence-corrected chi connectivity index (χ1v) is 7.65. The third kappa shape index (κ3) is 6.58. The summed E-state index contributed by atoms with van der Waals surface area (Å²) in [5.41, 5.74) is 0. The number of rotatable bonds is 9. The van der Waals surface area contributed by atoms with Gasteiger partial charge in [-0.25, -0.2) is 13.1 Å². The molecule has 1 rings (SSSR count). The van der Waals surface area contributed by atoms with Crippen LogP contribution < -0.4 is 14.8 Å². The van der Waals surface area contributed by atoms with E-state index < -0.39 is 10.0 Å². The molecule has 0 unspecified atom stereocenters. The number of hydrogen-bond donors (Lipinski definition) is 2. The second kappa shape index (κ2) is 8.07. The summed E-state index contributed by atoms with van der Waals surface area (Å²) < 4.78 is 30.9. The van der Waals surface area contributed by atoms with Gasteiger partial charge in [-0.05, 0) is 18.7 Å². The first-order valence-electron chi connectivity index (χ1n) is 6.00. The van der Waals surface area contributed by atoms with Gasteiger partial charge in [0.05, 0.1) is 5.75 Å². The molecule has 0 heterocycles. The van der Waals surface area contributed by atoms with E-state index >= 15 is 0 Å². The molecule has 0 saturated carbocycles. The van der Waals surface area contributed by atoms with E-state index in [0.29, 0.717) is 13.2 Å². The number of hydrogen-bond acceptors (Lipinski definition) is 4. The first-order chi connectivity index (χ1) is 8.64. The van der Waals surface area contributed by atoms with Crippen LogP contribution in [0.4, 0.5) is 0 Å². The highest BCUT2D eigenvalue weighted by molar-refractivity contribution is 7.89. The SMILES string of the molecule is CCNCCS(=O)(=O)NCCOc1ccccc1. The Bertz CT molecular complexity index is 420. The van der Waals surface area contributed by atoms with Gasteiger partial charge < -0.3 is 10.1 Å². The molecule has 0 bridgehead atoms. The first kappa shape index (κ1) is 14.9. The van der Waals surface area contributed by atoms with Crippen LogP contribution in [-0.2, 0) is 10.0 Å². The number of sulfonamides is 1. The maximum Gasteiger partial charge on any atom is 0.212 e. The van der Waals surface area contributed by atoms with Gasteiger partial charge in [0.25, 0.3) is 0 Å². The Morgan fingerprint density at radius 2 is 1.89 bits per heavy atom. The van der Waals surface area contributed by atoms with E-state index in [1.807, 2.05) is 37.3 Å². The second-order valence-corrected chi connectivity index (χ2v) is 5.65. The number of para-hydroxylation sites is 1. The standard InChI is InChI=1S/C12H20N2O3S/c1-2-13-9-11-18(15,16)14-8-10-17-12-6-4-3-5-7-12/h3-7,13-14H,2,8-11H2,1H3. The molecule has 0 amide bonds. The molecule has 0 atom stereocenters. The van der Waals surface area contributed by atoms with Crippen molar-refractivity contribution in [1.29, 1.82) is 0 Å². The summed E-state index contributed by atoms with van der Waals surface area (Å²) >= 11 is 0. The van der Waals surface area contributed by atoms with Crippen LogP contribution in [0.5, 0.6) is 5.75 Å². The van der Waals surface area contributed by atoms with Crippen molar-refractivity contribution < 1.29 is 13.2 Å². The quantitative estimate of drug-likeness (QED) is 0.646. The largest absolute Gasteiger partial charge is 0.492 e. The molecule has 102 valence electrons. The Kier molecular flexibility index (Phi) is 6.70. The molecule has 0 radical (unpaired) electrons. The molecular weight excluding hydrogens is 252 g/mol. The molecule has 1 aromatic carbocycles. The lowest BCUT2D eigenvalue weighted by atomic mass is 10.3. The van der Waals surface area contributed by atoms with Gasteiger partial charge in [0.15, 0.2) is 0 Å². The summed E-state index contributed by atoms with van der Waals surface area (Å²) in [5.74, 6) is 0.830. The third-order valence-electron chi connectivity index (χ3n) is 2.23. The van der Waals surface area contributed by atoms with E-state index in [1.165, 1.54) is 0 Å². The van der Waals surface area contributed by atoms with Crippen LogP contribution in [0.15, 0.2) is 30.3 Å². The van der Waals surface area contributed by atoms with Crippen molar-refractivity contribution in [1.82, 2.24) is 10.0 Å². The maximum atomic E-state index is 11.5. The monoisotopic (exact) mass is 272 g/mol. The molecule has 0 aliphatic heterocycles. The molecule has 6 heteroatoms. The number of ether oxygens (including phenoxy) is 1. The lowest BCUT2D eigenvalue weighted by Crippen LogP contribution is -2.34. The van der Waals surface area contributed by atoms with Crippen molar-refractivity contribution in [3.63, 3.8) is 0 Å². The molecule has 0 saturated heterocycles. The fourth-order valence-electron chi connectivity index (χ4n) is 1.34. The van der Waals surface area contributed by atoms with E-state index in [2.05, 4.69) is 10.0 Å². The van der Waals surface area contributed by atoms with Crippen LogP contribution in [0.3, 0.4) is 0 Å². The van der Waals surface area contributed by atoms with Gasteiger partial charge in [-0.15, -0.1) is 0 Å². The van der Waals surface area contributed by atoms with Crippen molar-refractivity contribution in [2.75, 3.05) is 32.0 Å². The highest BCUT2D eigenvalue weighted by Gasteiger charge is 2.08. The van der Waals surface area contributed by atoms with Crippen molar-refractivity contribution in [3.8, 4) is 5.75 Å². The predicted molar refractivity (Wildman–Crippen MR) is 72.3 cm³/mol. The Morgan fingerprint density at radius 3 is 2.56 bits per heavy atom. The average molecular weight is 272 g/mol. The summed E-state index contributed by atoms with van der Waals surface area (Å²) in [4.78, 5) is 0. The lowest BCUT2D eigenvalue weighted by Gasteiger charge is -2.08. The number of nitrogens with one attached hydrogen (secondary N) is 2. The maximum absolute atomic E-state index is 11.5. The highest BCUT2D eigenvalue weighted by atomic mass is 32.2. The van der Waals surface area contributed by atoms with Crippen molar-refractivity contribution in [3.05, 3.63) is 30.3 Å². The van der Waals surface area contributed by atoms with Crippen LogP contribution in [0.2, 0.25) is 0 Å². The van der Waals surface area contributed by atoms with Crippen LogP contribution in [0, 0.1) is 0 Å². The summed E-state index contributed by atoms with van der Waals surface area (Å²) in [5, 5.41) is 2.97. The second-order valence-electron chi connectivity index (χ2n) is 3.73. The van der Waals surface area contributed by atoms with E-state index in [9.17, 15) is 8.42 Å². The lowest BCUT2D eigenvalue weighted by molar-refractivity contribution is 0.323. The van der Waals surface area contributed by atoms with Crippen LogP contribution in [-0.4, -0.2) is 40.4 Å². The summed E-state index contributed by atoms with van der Waals surface area (Å²) in [6, 6.07) is 9.31. The average Bonchev–Trinajstić information content (AvgIpc) is 2.36. The fraction of sp³-hybridized carbons (Fsp3) is 0.500. The molecular formula is C12H20N2O3S. The van der Waals surface area contributed by atoms with Crippen LogP contribution >= 0.6 is 0 Å². The minimum Gasteiger partial charge on any atom is -0.492 e. The zero-order chi connectivity index (χ0) is 13.3. The number of benzene rings is 1. The van der Waals surface area contributed by atoms with Crippen LogP contribution in [0.1, 0.15) is 6.92 Å². The smallest absolute Gasteiger partial charge is 0.212 e. The van der Waals surface area contributed by atoms with Gasteiger partial charge in [0, 0.05) is 13.1 Å². The third-order valence-corrected chi connectivity index (χ3v) is 3.62. The zero-order valence-corrected chi connectivity index (χ0v) is 11.4. The molecule has 0 aliphatic carbocycles. The molecule has 0 spiro atoms. The molecule has 2 N–H and O–H groups in total. The summed E-state index contributed by atoms with van der Waals surface area (Å²) in [6.07, 6.45) is 0. The molecule has 0 aromatic heterocycles. The van der Waals surface area contributed by atoms with Crippen molar-refractivity contribution in [2.24, 2.45) is 0 Å². The Balaban J connectivity index is 2.17. The van der Waals surface area contributed by atoms with Gasteiger partial charge in [0.1, 0.15) is 12.4 Å². The summed E-state index contributed by atoms with van der Waals surface area (Å²) in [6.45, 7) is 3.78. The Hall–Kier alpha value is -1.11. The fourth-order valence-corrected chi connectivity index (χ4v) is 2.29. The van der Waals surface area contributed by atoms with Gasteiger partial charge >= 0.3 is 0 Å². The molecule has 0 aliphatic rings. The minimum atomic E-state index is -3.20. The van der Waals surface area contributed by atoms with E-state index in [4.69, 9.17) is 4.74 Å². The molecule has 5 nitrogen and oxygen atoms in total. The van der Waals surface area contributed by atoms with E-state index in [1.54, 1.807) is 0 Å². The van der Waals surface area contributed by atoms with Gasteiger partial charge in [0.2, 0.25) is 10.0 Å². The van der Waals surface area contributed by atoms with Gasteiger partial charge in [-0.2, -0.15) is 0 Å². The van der Waals surface area contributed by atoms with Crippen molar-refractivity contribution >= 4 is 10.0 Å². The minimum absolute atomic E-state index is 0.0895. The predicted octanol–water partition coefficient (Wildman–Crippen LogP) is 0.594. The zero-order valence-electron chi connectivity index (χ0n) is 10.6. The topological polar surface area (TPSA) is 67.4 Å². The molecule has 0 fully saturated rings.